The molecule has 1 aliphatic rings. The van der Waals surface area contributed by atoms with Crippen molar-refractivity contribution in [1.82, 2.24) is 20.0 Å². The Kier molecular flexibility index (Phi) is 5.44. The van der Waals surface area contributed by atoms with Crippen molar-refractivity contribution in [2.75, 3.05) is 17.4 Å². The highest BCUT2D eigenvalue weighted by molar-refractivity contribution is 7.90. The van der Waals surface area contributed by atoms with Crippen LogP contribution >= 0.6 is 11.6 Å². The minimum atomic E-state index is -3.54. The Bertz CT molecular complexity index is 1220. The van der Waals surface area contributed by atoms with Crippen molar-refractivity contribution in [3.63, 3.8) is 0 Å². The zero-order valence-corrected chi connectivity index (χ0v) is 18.1. The highest BCUT2D eigenvalue weighted by atomic mass is 35.5. The van der Waals surface area contributed by atoms with Crippen molar-refractivity contribution < 1.29 is 13.2 Å². The van der Waals surface area contributed by atoms with E-state index in [0.717, 1.165) is 17.5 Å². The van der Waals surface area contributed by atoms with Gasteiger partial charge in [-0.2, -0.15) is 13.1 Å². The summed E-state index contributed by atoms with van der Waals surface area (Å²) in [7, 11) is -3.54. The molecule has 4 rings (SSSR count). The fourth-order valence-corrected chi connectivity index (χ4v) is 5.06. The van der Waals surface area contributed by atoms with Gasteiger partial charge in [-0.1, -0.05) is 11.6 Å². The highest BCUT2D eigenvalue weighted by Crippen LogP contribution is 2.26. The molecule has 2 heterocycles. The Morgan fingerprint density at radius 3 is 2.80 bits per heavy atom. The van der Waals surface area contributed by atoms with Crippen LogP contribution in [0.4, 0.5) is 5.69 Å². The van der Waals surface area contributed by atoms with E-state index in [4.69, 9.17) is 11.6 Å². The molecule has 1 aliphatic heterocycles. The average molecular weight is 448 g/mol. The molecule has 1 atom stereocenters. The quantitative estimate of drug-likeness (QED) is 0.571. The Morgan fingerprint density at radius 1 is 1.27 bits per heavy atom. The molecule has 158 valence electrons. The fraction of sp³-hybridized carbons (Fsp3) is 0.300. The Hall–Kier alpha value is -2.62. The monoisotopic (exact) mass is 447 g/mol. The van der Waals surface area contributed by atoms with Gasteiger partial charge in [0.05, 0.1) is 22.8 Å². The number of hydrogen-bond acceptors (Lipinski definition) is 4. The molecule has 1 amide bonds. The first-order valence-corrected chi connectivity index (χ1v) is 11.4. The first-order chi connectivity index (χ1) is 14.2. The van der Waals surface area contributed by atoms with Crippen LogP contribution < -0.4 is 14.3 Å². The SMILES string of the molecule is Cc1cc(C(=O)N[C@@H](C)c2nc3cc(Cl)ccc3[nH]2)ccc1N1CCCNS1(=O)=O. The molecule has 0 aliphatic carbocycles. The van der Waals surface area contributed by atoms with E-state index in [1.165, 1.54) is 4.31 Å². The summed E-state index contributed by atoms with van der Waals surface area (Å²) in [6, 6.07) is 10.0. The van der Waals surface area contributed by atoms with Crippen LogP contribution in [0.25, 0.3) is 11.0 Å². The predicted molar refractivity (Wildman–Crippen MR) is 117 cm³/mol. The molecule has 1 saturated heterocycles. The normalized spacial score (nSPS) is 17.1. The number of carbonyl (C=O) groups is 1. The second kappa shape index (κ2) is 7.90. The number of aromatic nitrogens is 2. The standard InChI is InChI=1S/C20H22ClN5O3S/c1-12-10-14(4-7-18(12)26-9-3-8-22-30(26,28)29)20(27)23-13(2)19-24-16-6-5-15(21)11-17(16)25-19/h4-7,10-11,13,22H,3,8-9H2,1-2H3,(H,23,27)(H,24,25)/t13-/m0/s1. The van der Waals surface area contributed by atoms with Crippen LogP contribution in [-0.2, 0) is 10.2 Å². The van der Waals surface area contributed by atoms with E-state index < -0.39 is 10.2 Å². The minimum Gasteiger partial charge on any atom is -0.342 e. The summed E-state index contributed by atoms with van der Waals surface area (Å²) < 4.78 is 28.4. The summed E-state index contributed by atoms with van der Waals surface area (Å²) in [5.74, 6) is 0.356. The number of amides is 1. The molecule has 1 aromatic heterocycles. The van der Waals surface area contributed by atoms with E-state index >= 15 is 0 Å². The van der Waals surface area contributed by atoms with Crippen LogP contribution in [-0.4, -0.2) is 37.4 Å². The Morgan fingerprint density at radius 2 is 2.07 bits per heavy atom. The molecular formula is C20H22ClN5O3S. The number of nitrogens with one attached hydrogen (secondary N) is 3. The van der Waals surface area contributed by atoms with Crippen molar-refractivity contribution in [2.45, 2.75) is 26.3 Å². The lowest BCUT2D eigenvalue weighted by molar-refractivity contribution is 0.0938. The molecular weight excluding hydrogens is 426 g/mol. The van der Waals surface area contributed by atoms with Gasteiger partial charge in [0.1, 0.15) is 5.82 Å². The number of rotatable bonds is 4. The smallest absolute Gasteiger partial charge is 0.301 e. The molecule has 1 fully saturated rings. The number of imidazole rings is 1. The maximum atomic E-state index is 12.7. The predicted octanol–water partition coefficient (Wildman–Crippen LogP) is 3.06. The third-order valence-corrected chi connectivity index (χ3v) is 6.83. The van der Waals surface area contributed by atoms with Gasteiger partial charge in [-0.25, -0.2) is 4.98 Å². The summed E-state index contributed by atoms with van der Waals surface area (Å²) in [5.41, 5.74) is 3.30. The topological polar surface area (TPSA) is 107 Å². The number of benzene rings is 2. The van der Waals surface area contributed by atoms with Gasteiger partial charge >= 0.3 is 10.2 Å². The fourth-order valence-electron chi connectivity index (χ4n) is 3.50. The number of fused-ring (bicyclic) bond motifs is 1. The third-order valence-electron chi connectivity index (χ3n) is 5.06. The Labute approximate surface area is 179 Å². The summed E-state index contributed by atoms with van der Waals surface area (Å²) >= 11 is 6.00. The molecule has 2 aromatic carbocycles. The summed E-state index contributed by atoms with van der Waals surface area (Å²) in [4.78, 5) is 20.4. The van der Waals surface area contributed by atoms with Gasteiger partial charge in [0.15, 0.2) is 0 Å². The van der Waals surface area contributed by atoms with Crippen molar-refractivity contribution >= 4 is 44.4 Å². The molecule has 30 heavy (non-hydrogen) atoms. The van der Waals surface area contributed by atoms with Crippen molar-refractivity contribution in [3.05, 3.63) is 58.4 Å². The van der Waals surface area contributed by atoms with Crippen LogP contribution in [0.1, 0.15) is 41.1 Å². The summed E-state index contributed by atoms with van der Waals surface area (Å²) in [6.07, 6.45) is 0.723. The van der Waals surface area contributed by atoms with Gasteiger partial charge < -0.3 is 10.3 Å². The second-order valence-corrected chi connectivity index (χ2v) is 9.42. The first kappa shape index (κ1) is 20.6. The molecule has 3 N–H and O–H groups in total. The lowest BCUT2D eigenvalue weighted by atomic mass is 10.1. The van der Waals surface area contributed by atoms with Crippen LogP contribution in [0.2, 0.25) is 5.02 Å². The maximum absolute atomic E-state index is 12.7. The first-order valence-electron chi connectivity index (χ1n) is 9.58. The van der Waals surface area contributed by atoms with Crippen LogP contribution in [0.3, 0.4) is 0 Å². The van der Waals surface area contributed by atoms with Gasteiger partial charge in [0, 0.05) is 23.7 Å². The number of hydrogen-bond donors (Lipinski definition) is 3. The van der Waals surface area contributed by atoms with Crippen molar-refractivity contribution in [2.24, 2.45) is 0 Å². The molecule has 3 aromatic rings. The van der Waals surface area contributed by atoms with Crippen LogP contribution in [0, 0.1) is 6.92 Å². The van der Waals surface area contributed by atoms with Gasteiger partial charge in [-0.15, -0.1) is 0 Å². The number of aryl methyl sites for hydroxylation is 1. The lowest BCUT2D eigenvalue weighted by Crippen LogP contribution is -2.47. The van der Waals surface area contributed by atoms with E-state index in [9.17, 15) is 13.2 Å². The molecule has 10 heteroatoms. The van der Waals surface area contributed by atoms with Crippen molar-refractivity contribution in [3.8, 4) is 0 Å². The average Bonchev–Trinajstić information content (AvgIpc) is 3.11. The Balaban J connectivity index is 1.52. The zero-order chi connectivity index (χ0) is 21.5. The summed E-state index contributed by atoms with van der Waals surface area (Å²) in [5, 5.41) is 3.52. The number of nitrogens with zero attached hydrogens (tertiary/aromatic N) is 2. The largest absolute Gasteiger partial charge is 0.342 e. The van der Waals surface area contributed by atoms with Crippen LogP contribution in [0.15, 0.2) is 36.4 Å². The minimum absolute atomic E-state index is 0.268. The number of carbonyl (C=O) groups excluding carboxylic acids is 1. The van der Waals surface area contributed by atoms with E-state index in [1.807, 2.05) is 13.0 Å². The van der Waals surface area contributed by atoms with E-state index in [1.54, 1.807) is 37.3 Å². The molecule has 8 nitrogen and oxygen atoms in total. The van der Waals surface area contributed by atoms with E-state index in [-0.39, 0.29) is 11.9 Å². The van der Waals surface area contributed by atoms with Gasteiger partial charge in [-0.05, 0) is 62.2 Å². The molecule has 0 saturated carbocycles. The van der Waals surface area contributed by atoms with Gasteiger partial charge in [0.2, 0.25) is 0 Å². The molecule has 0 bridgehead atoms. The number of anilines is 1. The summed E-state index contributed by atoms with van der Waals surface area (Å²) in [6.45, 7) is 4.48. The van der Waals surface area contributed by atoms with Gasteiger partial charge in [-0.3, -0.25) is 9.10 Å². The second-order valence-electron chi connectivity index (χ2n) is 7.30. The molecule has 0 spiro atoms. The maximum Gasteiger partial charge on any atom is 0.301 e. The lowest BCUT2D eigenvalue weighted by Gasteiger charge is -2.30. The third kappa shape index (κ3) is 4.00. The van der Waals surface area contributed by atoms with E-state index in [0.29, 0.717) is 40.8 Å². The molecule has 0 unspecified atom stereocenters. The van der Waals surface area contributed by atoms with Crippen molar-refractivity contribution in [1.29, 1.82) is 0 Å². The van der Waals surface area contributed by atoms with Crippen LogP contribution in [0.5, 0.6) is 0 Å². The number of H-pyrrole nitrogens is 1. The zero-order valence-electron chi connectivity index (χ0n) is 16.6. The number of aromatic amines is 1. The molecule has 0 radical (unpaired) electrons. The van der Waals surface area contributed by atoms with E-state index in [2.05, 4.69) is 20.0 Å². The highest BCUT2D eigenvalue weighted by Gasteiger charge is 2.27. The van der Waals surface area contributed by atoms with Gasteiger partial charge in [0.25, 0.3) is 5.91 Å². The number of halogens is 1.